The SMILES string of the molecule is CN(C(=O)n1ccnc1)c1ccc([N+](=O)[O-])cc1Cl. The highest BCUT2D eigenvalue weighted by Gasteiger charge is 2.17. The number of aromatic nitrogens is 2. The molecule has 0 aliphatic carbocycles. The summed E-state index contributed by atoms with van der Waals surface area (Å²) in [5.41, 5.74) is 0.253. The zero-order valence-electron chi connectivity index (χ0n) is 9.86. The van der Waals surface area contributed by atoms with Gasteiger partial charge in [-0.25, -0.2) is 9.78 Å². The number of halogens is 1. The minimum atomic E-state index is -0.548. The minimum Gasteiger partial charge on any atom is -0.295 e. The topological polar surface area (TPSA) is 81.3 Å². The number of nitro groups is 1. The Labute approximate surface area is 113 Å². The first-order valence-corrected chi connectivity index (χ1v) is 5.58. The van der Waals surface area contributed by atoms with Crippen LogP contribution in [0.3, 0.4) is 0 Å². The molecule has 0 spiro atoms. The smallest absolute Gasteiger partial charge is 0.295 e. The van der Waals surface area contributed by atoms with E-state index in [1.807, 2.05) is 0 Å². The van der Waals surface area contributed by atoms with E-state index in [1.165, 1.54) is 53.4 Å². The number of non-ortho nitro benzene ring substituents is 1. The highest BCUT2D eigenvalue weighted by atomic mass is 35.5. The van der Waals surface area contributed by atoms with E-state index >= 15 is 0 Å². The molecular formula is C11H9ClN4O3. The van der Waals surface area contributed by atoms with Gasteiger partial charge >= 0.3 is 6.03 Å². The number of hydrogen-bond donors (Lipinski definition) is 0. The van der Waals surface area contributed by atoms with Gasteiger partial charge in [-0.05, 0) is 6.07 Å². The van der Waals surface area contributed by atoms with Crippen molar-refractivity contribution in [2.24, 2.45) is 0 Å². The lowest BCUT2D eigenvalue weighted by molar-refractivity contribution is -0.384. The third kappa shape index (κ3) is 2.55. The van der Waals surface area contributed by atoms with Crippen molar-refractivity contribution in [3.05, 3.63) is 52.1 Å². The molecule has 0 bridgehead atoms. The van der Waals surface area contributed by atoms with Gasteiger partial charge in [-0.3, -0.25) is 19.6 Å². The molecule has 8 heteroatoms. The third-order valence-electron chi connectivity index (χ3n) is 2.52. The maximum Gasteiger partial charge on any atom is 0.333 e. The van der Waals surface area contributed by atoms with E-state index in [0.29, 0.717) is 5.69 Å². The number of amides is 1. The van der Waals surface area contributed by atoms with Crippen molar-refractivity contribution in [3.8, 4) is 0 Å². The Balaban J connectivity index is 2.32. The quantitative estimate of drug-likeness (QED) is 0.625. The van der Waals surface area contributed by atoms with Crippen LogP contribution in [-0.2, 0) is 0 Å². The fraction of sp³-hybridized carbons (Fsp3) is 0.0909. The number of carbonyl (C=O) groups excluding carboxylic acids is 1. The van der Waals surface area contributed by atoms with Crippen LogP contribution in [0.5, 0.6) is 0 Å². The van der Waals surface area contributed by atoms with Crippen LogP contribution in [0.2, 0.25) is 5.02 Å². The predicted molar refractivity (Wildman–Crippen MR) is 69.5 cm³/mol. The molecule has 1 aromatic carbocycles. The molecule has 2 aromatic rings. The second-order valence-corrected chi connectivity index (χ2v) is 4.11. The minimum absolute atomic E-state index is 0.128. The zero-order chi connectivity index (χ0) is 14.0. The molecule has 19 heavy (non-hydrogen) atoms. The van der Waals surface area contributed by atoms with Gasteiger partial charge in [-0.2, -0.15) is 0 Å². The zero-order valence-corrected chi connectivity index (χ0v) is 10.6. The molecule has 98 valence electrons. The van der Waals surface area contributed by atoms with E-state index in [4.69, 9.17) is 11.6 Å². The van der Waals surface area contributed by atoms with Gasteiger partial charge in [0.05, 0.1) is 15.6 Å². The van der Waals surface area contributed by atoms with Gasteiger partial charge in [-0.15, -0.1) is 0 Å². The summed E-state index contributed by atoms with van der Waals surface area (Å²) < 4.78 is 1.28. The van der Waals surface area contributed by atoms with Crippen LogP contribution in [0.15, 0.2) is 36.9 Å². The van der Waals surface area contributed by atoms with Crippen LogP contribution in [-0.4, -0.2) is 27.6 Å². The number of hydrogen-bond acceptors (Lipinski definition) is 4. The summed E-state index contributed by atoms with van der Waals surface area (Å²) in [5, 5.41) is 10.7. The molecule has 0 saturated heterocycles. The summed E-state index contributed by atoms with van der Waals surface area (Å²) in [6, 6.07) is 3.55. The van der Waals surface area contributed by atoms with Crippen molar-refractivity contribution in [1.29, 1.82) is 0 Å². The predicted octanol–water partition coefficient (Wildman–Crippen LogP) is 2.55. The average Bonchev–Trinajstić information content (AvgIpc) is 2.90. The van der Waals surface area contributed by atoms with Crippen LogP contribution < -0.4 is 4.90 Å². The lowest BCUT2D eigenvalue weighted by atomic mass is 10.2. The summed E-state index contributed by atoms with van der Waals surface area (Å²) in [4.78, 5) is 27.2. The molecule has 0 N–H and O–H groups in total. The summed E-state index contributed by atoms with van der Waals surface area (Å²) >= 11 is 5.95. The Kier molecular flexibility index (Phi) is 3.48. The van der Waals surface area contributed by atoms with Gasteiger partial charge in [0.25, 0.3) is 5.69 Å². The van der Waals surface area contributed by atoms with Crippen LogP contribution in [0.4, 0.5) is 16.2 Å². The van der Waals surface area contributed by atoms with E-state index in [2.05, 4.69) is 4.98 Å². The van der Waals surface area contributed by atoms with E-state index < -0.39 is 4.92 Å². The number of nitrogens with zero attached hydrogens (tertiary/aromatic N) is 4. The second kappa shape index (κ2) is 5.07. The van der Waals surface area contributed by atoms with Crippen molar-refractivity contribution >= 4 is 29.0 Å². The Bertz CT molecular complexity index is 627. The van der Waals surface area contributed by atoms with E-state index in [9.17, 15) is 14.9 Å². The molecule has 0 fully saturated rings. The van der Waals surface area contributed by atoms with Gasteiger partial charge < -0.3 is 0 Å². The Morgan fingerprint density at radius 1 is 1.53 bits per heavy atom. The summed E-state index contributed by atoms with van der Waals surface area (Å²) in [6.07, 6.45) is 4.33. The van der Waals surface area contributed by atoms with Gasteiger partial charge in [0.1, 0.15) is 6.33 Å². The molecule has 7 nitrogen and oxygen atoms in total. The van der Waals surface area contributed by atoms with Crippen LogP contribution >= 0.6 is 11.6 Å². The fourth-order valence-corrected chi connectivity index (χ4v) is 1.83. The van der Waals surface area contributed by atoms with Crippen LogP contribution in [0, 0.1) is 10.1 Å². The molecule has 1 aromatic heterocycles. The molecule has 0 radical (unpaired) electrons. The highest BCUT2D eigenvalue weighted by molar-refractivity contribution is 6.34. The van der Waals surface area contributed by atoms with Gasteiger partial charge in [-0.1, -0.05) is 11.6 Å². The van der Waals surface area contributed by atoms with Crippen molar-refractivity contribution < 1.29 is 9.72 Å². The molecule has 0 saturated carbocycles. The van der Waals surface area contributed by atoms with Gasteiger partial charge in [0.15, 0.2) is 0 Å². The average molecular weight is 281 g/mol. The molecule has 0 atom stereocenters. The van der Waals surface area contributed by atoms with Gasteiger partial charge in [0.2, 0.25) is 0 Å². The highest BCUT2D eigenvalue weighted by Crippen LogP contribution is 2.29. The first-order chi connectivity index (χ1) is 9.00. The van der Waals surface area contributed by atoms with Crippen LogP contribution in [0.1, 0.15) is 0 Å². The summed E-state index contributed by atoms with van der Waals surface area (Å²) in [6.45, 7) is 0. The normalized spacial score (nSPS) is 10.2. The molecule has 0 aliphatic rings. The first kappa shape index (κ1) is 13.0. The van der Waals surface area contributed by atoms with Crippen molar-refractivity contribution in [2.45, 2.75) is 0 Å². The third-order valence-corrected chi connectivity index (χ3v) is 2.82. The van der Waals surface area contributed by atoms with Crippen molar-refractivity contribution in [1.82, 2.24) is 9.55 Å². The summed E-state index contributed by atoms with van der Waals surface area (Å²) in [5.74, 6) is 0. The fourth-order valence-electron chi connectivity index (χ4n) is 1.53. The number of imidazole rings is 1. The Morgan fingerprint density at radius 3 is 2.79 bits per heavy atom. The number of rotatable bonds is 2. The number of anilines is 1. The molecular weight excluding hydrogens is 272 g/mol. The molecule has 1 heterocycles. The maximum absolute atomic E-state index is 12.0. The molecule has 2 rings (SSSR count). The monoisotopic (exact) mass is 280 g/mol. The summed E-state index contributed by atoms with van der Waals surface area (Å²) in [7, 11) is 1.52. The number of benzene rings is 1. The molecule has 0 unspecified atom stereocenters. The van der Waals surface area contributed by atoms with E-state index in [1.54, 1.807) is 0 Å². The van der Waals surface area contributed by atoms with E-state index in [-0.39, 0.29) is 16.7 Å². The largest absolute Gasteiger partial charge is 0.333 e. The van der Waals surface area contributed by atoms with Crippen molar-refractivity contribution in [2.75, 3.05) is 11.9 Å². The number of carbonyl (C=O) groups is 1. The molecule has 0 aliphatic heterocycles. The molecule has 1 amide bonds. The Morgan fingerprint density at radius 2 is 2.26 bits per heavy atom. The second-order valence-electron chi connectivity index (χ2n) is 3.70. The van der Waals surface area contributed by atoms with Crippen molar-refractivity contribution in [3.63, 3.8) is 0 Å². The lowest BCUT2D eigenvalue weighted by Crippen LogP contribution is -2.30. The van der Waals surface area contributed by atoms with E-state index in [0.717, 1.165) is 0 Å². The maximum atomic E-state index is 12.0. The van der Waals surface area contributed by atoms with Gasteiger partial charge in [0, 0.05) is 31.6 Å². The van der Waals surface area contributed by atoms with Crippen LogP contribution in [0.25, 0.3) is 0 Å². The first-order valence-electron chi connectivity index (χ1n) is 5.20. The lowest BCUT2D eigenvalue weighted by Gasteiger charge is -2.18. The standard InChI is InChI=1S/C11H9ClN4O3/c1-14(11(17)15-5-4-13-7-15)10-3-2-8(16(18)19)6-9(10)12/h2-7H,1H3. The number of nitro benzene ring substituents is 1. The Hall–Kier alpha value is -2.41.